The van der Waals surface area contributed by atoms with Crippen LogP contribution in [0.25, 0.3) is 0 Å². The summed E-state index contributed by atoms with van der Waals surface area (Å²) in [7, 11) is 1.87. The van der Waals surface area contributed by atoms with Gasteiger partial charge in [-0.2, -0.15) is 0 Å². The quantitative estimate of drug-likeness (QED) is 0.736. The smallest absolute Gasteiger partial charge is 0.236 e. The van der Waals surface area contributed by atoms with Crippen molar-refractivity contribution in [3.63, 3.8) is 0 Å². The van der Waals surface area contributed by atoms with E-state index in [1.54, 1.807) is 12.1 Å². The number of halogens is 1. The molecular weight excluding hydrogens is 355 g/mol. The summed E-state index contributed by atoms with van der Waals surface area (Å²) in [5, 5.41) is 0. The lowest BCUT2D eigenvalue weighted by atomic mass is 9.97. The largest absolute Gasteiger partial charge is 0.341 e. The van der Waals surface area contributed by atoms with Crippen LogP contribution in [-0.2, 0) is 17.9 Å². The monoisotopic (exact) mass is 384 g/mol. The molecule has 2 aliphatic rings. The van der Waals surface area contributed by atoms with Crippen LogP contribution in [0.15, 0.2) is 36.7 Å². The number of hydrogen-bond donors (Lipinski definition) is 0. The molecule has 0 N–H and O–H groups in total. The van der Waals surface area contributed by atoms with Gasteiger partial charge in [0, 0.05) is 50.1 Å². The third-order valence-corrected chi connectivity index (χ3v) is 5.84. The number of aromatic nitrogens is 2. The van der Waals surface area contributed by atoms with Crippen molar-refractivity contribution in [2.75, 3.05) is 26.7 Å². The molecule has 2 aromatic rings. The maximum atomic E-state index is 13.9. The molecule has 0 unspecified atom stereocenters. The SMILES string of the molecule is CN(CC(=O)N1CCC[C@H](c2nccn2CC2CC2)C1)Cc1ccccc1F. The zero-order chi connectivity index (χ0) is 19.5. The number of carbonyl (C=O) groups excluding carboxylic acids is 1. The molecule has 1 saturated carbocycles. The van der Waals surface area contributed by atoms with Gasteiger partial charge >= 0.3 is 0 Å². The number of hydrogen-bond acceptors (Lipinski definition) is 3. The minimum atomic E-state index is -0.220. The number of piperidine rings is 1. The molecule has 1 aromatic carbocycles. The van der Waals surface area contributed by atoms with Crippen molar-refractivity contribution in [2.24, 2.45) is 5.92 Å². The number of imidazole rings is 1. The second-order valence-corrected chi connectivity index (χ2v) is 8.32. The average Bonchev–Trinajstić information content (AvgIpc) is 3.38. The Bertz CT molecular complexity index is 816. The second-order valence-electron chi connectivity index (χ2n) is 8.32. The van der Waals surface area contributed by atoms with Crippen LogP contribution in [0.2, 0.25) is 0 Å². The van der Waals surface area contributed by atoms with E-state index in [2.05, 4.69) is 15.7 Å². The Morgan fingerprint density at radius 3 is 2.89 bits per heavy atom. The Morgan fingerprint density at radius 1 is 1.29 bits per heavy atom. The third kappa shape index (κ3) is 4.61. The van der Waals surface area contributed by atoms with Gasteiger partial charge in [0.25, 0.3) is 0 Å². The Labute approximate surface area is 166 Å². The van der Waals surface area contributed by atoms with Crippen molar-refractivity contribution < 1.29 is 9.18 Å². The van der Waals surface area contributed by atoms with Gasteiger partial charge in [-0.25, -0.2) is 9.37 Å². The maximum absolute atomic E-state index is 13.9. The number of nitrogens with zero attached hydrogens (tertiary/aromatic N) is 4. The highest BCUT2D eigenvalue weighted by Gasteiger charge is 2.29. The Hall–Kier alpha value is -2.21. The predicted molar refractivity (Wildman–Crippen MR) is 106 cm³/mol. The van der Waals surface area contributed by atoms with Crippen LogP contribution in [0.4, 0.5) is 4.39 Å². The molecular formula is C22H29FN4O. The lowest BCUT2D eigenvalue weighted by Crippen LogP contribution is -2.44. The number of carbonyl (C=O) groups is 1. The topological polar surface area (TPSA) is 41.4 Å². The van der Waals surface area contributed by atoms with Gasteiger partial charge in [-0.15, -0.1) is 0 Å². The van der Waals surface area contributed by atoms with Crippen LogP contribution in [-0.4, -0.2) is 51.9 Å². The number of amides is 1. The molecule has 1 aliphatic heterocycles. The summed E-state index contributed by atoms with van der Waals surface area (Å²) in [6.07, 6.45) is 8.69. The zero-order valence-electron chi connectivity index (χ0n) is 16.6. The summed E-state index contributed by atoms with van der Waals surface area (Å²) >= 11 is 0. The van der Waals surface area contributed by atoms with Gasteiger partial charge < -0.3 is 9.47 Å². The number of rotatable bonds is 7. The molecule has 0 spiro atoms. The van der Waals surface area contributed by atoms with E-state index < -0.39 is 0 Å². The molecule has 1 aromatic heterocycles. The summed E-state index contributed by atoms with van der Waals surface area (Å²) in [4.78, 5) is 21.3. The molecule has 2 heterocycles. The fourth-order valence-electron chi connectivity index (χ4n) is 4.13. The summed E-state index contributed by atoms with van der Waals surface area (Å²) in [5.41, 5.74) is 0.622. The lowest BCUT2D eigenvalue weighted by molar-refractivity contribution is -0.133. The Balaban J connectivity index is 1.34. The molecule has 6 heteroatoms. The first-order valence-electron chi connectivity index (χ1n) is 10.3. The van der Waals surface area contributed by atoms with E-state index in [1.165, 1.54) is 18.9 Å². The fourth-order valence-corrected chi connectivity index (χ4v) is 4.13. The van der Waals surface area contributed by atoms with Gasteiger partial charge in [0.2, 0.25) is 5.91 Å². The molecule has 28 heavy (non-hydrogen) atoms. The fraction of sp³-hybridized carbons (Fsp3) is 0.545. The molecule has 0 radical (unpaired) electrons. The van der Waals surface area contributed by atoms with Crippen LogP contribution in [0.3, 0.4) is 0 Å². The van der Waals surface area contributed by atoms with Crippen LogP contribution in [0.1, 0.15) is 43.0 Å². The molecule has 150 valence electrons. The first-order chi connectivity index (χ1) is 13.6. The second kappa shape index (κ2) is 8.43. The van der Waals surface area contributed by atoms with E-state index in [-0.39, 0.29) is 11.7 Å². The van der Waals surface area contributed by atoms with Gasteiger partial charge in [-0.05, 0) is 44.7 Å². The van der Waals surface area contributed by atoms with Crippen LogP contribution < -0.4 is 0 Å². The first kappa shape index (κ1) is 19.1. The van der Waals surface area contributed by atoms with Gasteiger partial charge in [0.05, 0.1) is 6.54 Å². The third-order valence-electron chi connectivity index (χ3n) is 5.84. The number of likely N-dealkylation sites (tertiary alicyclic amines) is 1. The van der Waals surface area contributed by atoms with Crippen molar-refractivity contribution in [1.29, 1.82) is 0 Å². The molecule has 5 nitrogen and oxygen atoms in total. The van der Waals surface area contributed by atoms with Gasteiger partial charge in [-0.1, -0.05) is 18.2 Å². The molecule has 0 bridgehead atoms. The Morgan fingerprint density at radius 2 is 2.11 bits per heavy atom. The summed E-state index contributed by atoms with van der Waals surface area (Å²) in [6, 6.07) is 6.74. The highest BCUT2D eigenvalue weighted by atomic mass is 19.1. The van der Waals surface area contributed by atoms with E-state index in [0.29, 0.717) is 24.6 Å². The van der Waals surface area contributed by atoms with Crippen LogP contribution in [0.5, 0.6) is 0 Å². The highest BCUT2D eigenvalue weighted by molar-refractivity contribution is 5.78. The molecule has 4 rings (SSSR count). The first-order valence-corrected chi connectivity index (χ1v) is 10.3. The number of benzene rings is 1. The van der Waals surface area contributed by atoms with Crippen molar-refractivity contribution in [1.82, 2.24) is 19.4 Å². The molecule has 1 saturated heterocycles. The average molecular weight is 384 g/mol. The van der Waals surface area contributed by atoms with E-state index in [9.17, 15) is 9.18 Å². The standard InChI is InChI=1S/C22H29FN4O/c1-25(14-18-5-2-3-7-20(18)23)16-21(28)26-11-4-6-19(15-26)22-24-10-12-27(22)13-17-8-9-17/h2-3,5,7,10,12,17,19H,4,6,8-9,11,13-16H2,1H3/t19-/m0/s1. The minimum Gasteiger partial charge on any atom is -0.341 e. The lowest BCUT2D eigenvalue weighted by Gasteiger charge is -2.33. The minimum absolute atomic E-state index is 0.115. The predicted octanol–water partition coefficient (Wildman–Crippen LogP) is 3.27. The van der Waals surface area contributed by atoms with Crippen LogP contribution in [0, 0.1) is 11.7 Å². The molecule has 1 aliphatic carbocycles. The van der Waals surface area contributed by atoms with Crippen molar-refractivity contribution in [2.45, 2.75) is 44.7 Å². The molecule has 1 atom stereocenters. The van der Waals surface area contributed by atoms with Gasteiger partial charge in [0.1, 0.15) is 11.6 Å². The Kier molecular flexibility index (Phi) is 5.76. The van der Waals surface area contributed by atoms with E-state index in [4.69, 9.17) is 0 Å². The van der Waals surface area contributed by atoms with Gasteiger partial charge in [0.15, 0.2) is 0 Å². The van der Waals surface area contributed by atoms with Crippen molar-refractivity contribution >= 4 is 5.91 Å². The van der Waals surface area contributed by atoms with E-state index in [0.717, 1.165) is 44.2 Å². The van der Waals surface area contributed by atoms with E-state index in [1.807, 2.05) is 29.1 Å². The van der Waals surface area contributed by atoms with E-state index >= 15 is 0 Å². The molecule has 1 amide bonds. The summed E-state index contributed by atoms with van der Waals surface area (Å²) in [6.45, 7) is 3.32. The highest BCUT2D eigenvalue weighted by Crippen LogP contribution is 2.33. The summed E-state index contributed by atoms with van der Waals surface area (Å²) in [5.74, 6) is 2.14. The summed E-state index contributed by atoms with van der Waals surface area (Å²) < 4.78 is 16.1. The molecule has 2 fully saturated rings. The zero-order valence-corrected chi connectivity index (χ0v) is 16.6. The van der Waals surface area contributed by atoms with Crippen molar-refractivity contribution in [3.8, 4) is 0 Å². The maximum Gasteiger partial charge on any atom is 0.236 e. The van der Waals surface area contributed by atoms with Gasteiger partial charge in [-0.3, -0.25) is 9.69 Å². The normalized spacial score (nSPS) is 20.0. The van der Waals surface area contributed by atoms with Crippen molar-refractivity contribution in [3.05, 3.63) is 53.9 Å². The number of likely N-dealkylation sites (N-methyl/N-ethyl adjacent to an activating group) is 1. The van der Waals surface area contributed by atoms with Crippen LogP contribution >= 0.6 is 0 Å².